The maximum Gasteiger partial charge on any atom is 0.317 e. The number of rotatable bonds is 7. The molecule has 0 bridgehead atoms. The molecule has 1 saturated heterocycles. The number of nitrogens with zero attached hydrogens (tertiary/aromatic N) is 2. The third kappa shape index (κ3) is 5.40. The maximum absolute atomic E-state index is 12.2. The monoisotopic (exact) mass is 335 g/mol. The number of carbonyl (C=O) groups excluding carboxylic acids is 1. The Labute approximate surface area is 134 Å². The Balaban J connectivity index is 2.46. The molecule has 1 fully saturated rings. The minimum Gasteiger partial charge on any atom is -0.372 e. The highest BCUT2D eigenvalue weighted by molar-refractivity contribution is 7.89. The first-order valence-corrected chi connectivity index (χ1v) is 9.60. The molecule has 0 aromatic heterocycles. The topological polar surface area (TPSA) is 79.0 Å². The fraction of sp³-hybridized carbons (Fsp3) is 0.929. The van der Waals surface area contributed by atoms with E-state index < -0.39 is 10.0 Å². The van der Waals surface area contributed by atoms with Gasteiger partial charge in [-0.2, -0.15) is 0 Å². The zero-order valence-corrected chi connectivity index (χ0v) is 14.9. The van der Waals surface area contributed by atoms with Gasteiger partial charge in [0.25, 0.3) is 0 Å². The summed E-state index contributed by atoms with van der Waals surface area (Å²) in [6, 6.07) is -0.219. The van der Waals surface area contributed by atoms with Crippen molar-refractivity contribution in [3.8, 4) is 0 Å². The van der Waals surface area contributed by atoms with Crippen LogP contribution in [0.5, 0.6) is 0 Å². The zero-order chi connectivity index (χ0) is 16.8. The van der Waals surface area contributed by atoms with Crippen molar-refractivity contribution in [1.29, 1.82) is 0 Å². The summed E-state index contributed by atoms with van der Waals surface area (Å²) in [5, 5.41) is 2.70. The van der Waals surface area contributed by atoms with E-state index in [0.717, 1.165) is 6.42 Å². The second kappa shape index (κ2) is 8.69. The van der Waals surface area contributed by atoms with Gasteiger partial charge >= 0.3 is 6.03 Å². The van der Waals surface area contributed by atoms with E-state index in [2.05, 4.69) is 5.32 Å². The van der Waals surface area contributed by atoms with Gasteiger partial charge in [0.2, 0.25) is 10.0 Å². The van der Waals surface area contributed by atoms with Crippen LogP contribution in [0, 0.1) is 0 Å². The Morgan fingerprint density at radius 1 is 1.27 bits per heavy atom. The van der Waals surface area contributed by atoms with Crippen LogP contribution in [0.15, 0.2) is 0 Å². The molecule has 2 amide bonds. The number of nitrogens with one attached hydrogen (secondary N) is 1. The highest BCUT2D eigenvalue weighted by Gasteiger charge is 2.27. The highest BCUT2D eigenvalue weighted by Crippen LogP contribution is 2.13. The molecular weight excluding hydrogens is 306 g/mol. The minimum atomic E-state index is -3.30. The Bertz CT molecular complexity index is 451. The molecular formula is C14H29N3O4S. The van der Waals surface area contributed by atoms with E-state index in [0.29, 0.717) is 26.2 Å². The summed E-state index contributed by atoms with van der Waals surface area (Å²) in [4.78, 5) is 13.9. The van der Waals surface area contributed by atoms with Crippen LogP contribution in [0.4, 0.5) is 4.79 Å². The molecule has 2 atom stereocenters. The Morgan fingerprint density at radius 3 is 2.45 bits per heavy atom. The molecule has 0 radical (unpaired) electrons. The lowest BCUT2D eigenvalue weighted by Gasteiger charge is -2.36. The number of ether oxygens (including phenoxy) is 1. The molecule has 1 heterocycles. The molecule has 1 N–H and O–H groups in total. The standard InChI is InChI=1S/C14H29N3O4S/c1-5-13-11-16(10-12(4)21-13)14(18)15-8-9-22(19,20)17(6-2)7-3/h12-13H,5-11H2,1-4H3,(H,15,18)/t12-,13-/m0/s1. The molecule has 8 heteroatoms. The van der Waals surface area contributed by atoms with Crippen molar-refractivity contribution in [2.75, 3.05) is 38.5 Å². The van der Waals surface area contributed by atoms with Crippen LogP contribution in [0.25, 0.3) is 0 Å². The van der Waals surface area contributed by atoms with Crippen molar-refractivity contribution >= 4 is 16.1 Å². The molecule has 0 aliphatic carbocycles. The number of morpholine rings is 1. The molecule has 0 saturated carbocycles. The van der Waals surface area contributed by atoms with E-state index in [9.17, 15) is 13.2 Å². The molecule has 1 rings (SSSR count). The van der Waals surface area contributed by atoms with Crippen molar-refractivity contribution in [3.63, 3.8) is 0 Å². The van der Waals surface area contributed by atoms with Crippen LogP contribution >= 0.6 is 0 Å². The predicted octanol–water partition coefficient (Wildman–Crippen LogP) is 0.867. The van der Waals surface area contributed by atoms with Crippen molar-refractivity contribution < 1.29 is 17.9 Å². The highest BCUT2D eigenvalue weighted by atomic mass is 32.2. The third-order valence-electron chi connectivity index (χ3n) is 3.80. The summed E-state index contributed by atoms with van der Waals surface area (Å²) >= 11 is 0. The summed E-state index contributed by atoms with van der Waals surface area (Å²) in [5.74, 6) is -0.0719. The summed E-state index contributed by atoms with van der Waals surface area (Å²) in [6.45, 7) is 9.68. The lowest BCUT2D eigenvalue weighted by Crippen LogP contribution is -2.53. The Hall–Kier alpha value is -0.860. The second-order valence-corrected chi connectivity index (χ2v) is 7.60. The first kappa shape index (κ1) is 19.2. The number of amides is 2. The van der Waals surface area contributed by atoms with E-state index in [-0.39, 0.29) is 30.5 Å². The van der Waals surface area contributed by atoms with E-state index in [1.165, 1.54) is 4.31 Å². The first-order chi connectivity index (χ1) is 10.3. The van der Waals surface area contributed by atoms with Crippen LogP contribution in [-0.2, 0) is 14.8 Å². The van der Waals surface area contributed by atoms with Gasteiger partial charge in [-0.1, -0.05) is 20.8 Å². The smallest absolute Gasteiger partial charge is 0.317 e. The number of carbonyl (C=O) groups is 1. The summed E-state index contributed by atoms with van der Waals surface area (Å²) in [7, 11) is -3.30. The van der Waals surface area contributed by atoms with Crippen LogP contribution in [-0.4, -0.2) is 74.3 Å². The quantitative estimate of drug-likeness (QED) is 0.749. The first-order valence-electron chi connectivity index (χ1n) is 8.00. The van der Waals surface area contributed by atoms with Gasteiger partial charge in [-0.3, -0.25) is 0 Å². The molecule has 1 aliphatic rings. The lowest BCUT2D eigenvalue weighted by molar-refractivity contribution is -0.0645. The lowest BCUT2D eigenvalue weighted by atomic mass is 10.2. The van der Waals surface area contributed by atoms with Gasteiger partial charge in [0, 0.05) is 32.7 Å². The van der Waals surface area contributed by atoms with Crippen LogP contribution in [0.1, 0.15) is 34.1 Å². The number of urea groups is 1. The van der Waals surface area contributed by atoms with Gasteiger partial charge < -0.3 is 15.0 Å². The number of sulfonamides is 1. The minimum absolute atomic E-state index is 0.00357. The fourth-order valence-corrected chi connectivity index (χ4v) is 3.99. The molecule has 0 spiro atoms. The normalized spacial score (nSPS) is 22.9. The van der Waals surface area contributed by atoms with E-state index in [1.807, 2.05) is 13.8 Å². The summed E-state index contributed by atoms with van der Waals surface area (Å²) < 4.78 is 31.2. The van der Waals surface area contributed by atoms with Gasteiger partial charge in [-0.05, 0) is 13.3 Å². The van der Waals surface area contributed by atoms with Gasteiger partial charge in [-0.25, -0.2) is 17.5 Å². The van der Waals surface area contributed by atoms with Crippen molar-refractivity contribution in [2.45, 2.75) is 46.3 Å². The van der Waals surface area contributed by atoms with Crippen LogP contribution in [0.2, 0.25) is 0 Å². The van der Waals surface area contributed by atoms with Crippen molar-refractivity contribution in [2.24, 2.45) is 0 Å². The van der Waals surface area contributed by atoms with E-state index in [4.69, 9.17) is 4.74 Å². The SMILES string of the molecule is CC[C@H]1CN(C(=O)NCCS(=O)(=O)N(CC)CC)C[C@H](C)O1. The van der Waals surface area contributed by atoms with E-state index >= 15 is 0 Å². The van der Waals surface area contributed by atoms with Crippen LogP contribution in [0.3, 0.4) is 0 Å². The van der Waals surface area contributed by atoms with Gasteiger partial charge in [-0.15, -0.1) is 0 Å². The zero-order valence-electron chi connectivity index (χ0n) is 14.0. The number of hydrogen-bond acceptors (Lipinski definition) is 4. The Morgan fingerprint density at radius 2 is 1.91 bits per heavy atom. The molecule has 0 aromatic rings. The third-order valence-corrected chi connectivity index (χ3v) is 5.83. The summed E-state index contributed by atoms with van der Waals surface area (Å²) in [5.41, 5.74) is 0. The molecule has 0 aromatic carbocycles. The van der Waals surface area contributed by atoms with Crippen LogP contribution < -0.4 is 5.32 Å². The molecule has 130 valence electrons. The Kier molecular flexibility index (Phi) is 7.58. The summed E-state index contributed by atoms with van der Waals surface area (Å²) in [6.07, 6.45) is 0.905. The predicted molar refractivity (Wildman–Crippen MR) is 86.3 cm³/mol. The van der Waals surface area contributed by atoms with Gasteiger partial charge in [0.05, 0.1) is 18.0 Å². The van der Waals surface area contributed by atoms with Gasteiger partial charge in [0.15, 0.2) is 0 Å². The van der Waals surface area contributed by atoms with E-state index in [1.54, 1.807) is 18.7 Å². The van der Waals surface area contributed by atoms with Gasteiger partial charge in [0.1, 0.15) is 0 Å². The number of hydrogen-bond donors (Lipinski definition) is 1. The molecule has 1 aliphatic heterocycles. The maximum atomic E-state index is 12.2. The molecule has 22 heavy (non-hydrogen) atoms. The average molecular weight is 335 g/mol. The van der Waals surface area contributed by atoms with Crippen molar-refractivity contribution in [3.05, 3.63) is 0 Å². The van der Waals surface area contributed by atoms with Crippen molar-refractivity contribution in [1.82, 2.24) is 14.5 Å². The second-order valence-electron chi connectivity index (χ2n) is 5.51. The molecule has 7 nitrogen and oxygen atoms in total. The average Bonchev–Trinajstić information content (AvgIpc) is 2.47. The fourth-order valence-electron chi connectivity index (χ4n) is 2.58. The molecule has 0 unspecified atom stereocenters. The largest absolute Gasteiger partial charge is 0.372 e.